The minimum absolute atomic E-state index is 0.319. The van der Waals surface area contributed by atoms with E-state index in [4.69, 9.17) is 20.4 Å². The monoisotopic (exact) mass is 408 g/mol. The predicted molar refractivity (Wildman–Crippen MR) is 90.4 cm³/mol. The molecule has 0 fully saturated rings. The minimum Gasteiger partial charge on any atom is -0.466 e. The van der Waals surface area contributed by atoms with Gasteiger partial charge in [-0.3, -0.25) is 0 Å². The molecular weight excluding hydrogens is 384 g/mol. The van der Waals surface area contributed by atoms with Gasteiger partial charge >= 0.3 is 23.9 Å². The van der Waals surface area contributed by atoms with Crippen LogP contribution in [0.25, 0.3) is 0 Å². The lowest BCUT2D eigenvalue weighted by Crippen LogP contribution is -2.24. The summed E-state index contributed by atoms with van der Waals surface area (Å²) in [6.45, 7) is -1.77. The number of rotatable bonds is 10. The Morgan fingerprint density at radius 2 is 1.18 bits per heavy atom. The quantitative estimate of drug-likeness (QED) is 0.166. The minimum atomic E-state index is -1.11. The van der Waals surface area contributed by atoms with Crippen molar-refractivity contribution < 1.29 is 58.6 Å². The van der Waals surface area contributed by atoms with Crippen LogP contribution in [0.1, 0.15) is 0 Å². The average Bonchev–Trinajstić information content (AvgIpc) is 2.72. The summed E-state index contributed by atoms with van der Waals surface area (Å²) in [4.78, 5) is 42.7. The van der Waals surface area contributed by atoms with Crippen LogP contribution in [0.15, 0.2) is 24.3 Å². The number of carbonyl (C=O) groups excluding carboxylic acids is 4. The lowest BCUT2D eigenvalue weighted by atomic mass is 10.4. The Labute approximate surface area is 160 Å². The topological polar surface area (TPSA) is 186 Å². The van der Waals surface area contributed by atoms with Crippen molar-refractivity contribution in [2.75, 3.05) is 40.6 Å². The number of esters is 4. The number of aliphatic hydroxyl groups excluding tert-OH is 4. The molecule has 0 radical (unpaired) electrons. The molecule has 4 N–H and O–H groups in total. The fourth-order valence-corrected chi connectivity index (χ4v) is 1.02. The molecule has 0 aliphatic carbocycles. The van der Waals surface area contributed by atoms with E-state index in [1.807, 2.05) is 0 Å². The van der Waals surface area contributed by atoms with Gasteiger partial charge in [0.2, 0.25) is 0 Å². The molecule has 160 valence electrons. The lowest BCUT2D eigenvalue weighted by molar-refractivity contribution is -0.147. The van der Waals surface area contributed by atoms with Crippen LogP contribution in [0.3, 0.4) is 0 Å². The smallest absolute Gasteiger partial charge is 0.331 e. The number of aliphatic hydroxyl groups is 4. The van der Waals surface area contributed by atoms with Gasteiger partial charge in [-0.15, -0.1) is 0 Å². The van der Waals surface area contributed by atoms with E-state index in [9.17, 15) is 19.2 Å². The van der Waals surface area contributed by atoms with Crippen LogP contribution in [0.5, 0.6) is 0 Å². The van der Waals surface area contributed by atoms with Crippen LogP contribution in [0, 0.1) is 0 Å². The van der Waals surface area contributed by atoms with E-state index in [1.54, 1.807) is 0 Å². The van der Waals surface area contributed by atoms with Crippen LogP contribution in [-0.4, -0.2) is 97.2 Å². The average molecular weight is 408 g/mol. The van der Waals surface area contributed by atoms with E-state index in [1.165, 1.54) is 14.2 Å². The summed E-state index contributed by atoms with van der Waals surface area (Å²) in [5.74, 6) is -2.98. The Kier molecular flexibility index (Phi) is 17.2. The summed E-state index contributed by atoms with van der Waals surface area (Å²) in [5.41, 5.74) is 0. The van der Waals surface area contributed by atoms with Crippen molar-refractivity contribution in [3.8, 4) is 0 Å². The highest BCUT2D eigenvalue weighted by atomic mass is 16.6. The van der Waals surface area contributed by atoms with Gasteiger partial charge in [-0.05, 0) is 0 Å². The van der Waals surface area contributed by atoms with Gasteiger partial charge in [-0.25, -0.2) is 19.2 Å². The number of ether oxygens (including phenoxy) is 4. The third kappa shape index (κ3) is 16.7. The number of carbonyl (C=O) groups is 4. The van der Waals surface area contributed by atoms with Crippen molar-refractivity contribution >= 4 is 23.9 Å². The molecule has 0 amide bonds. The first-order chi connectivity index (χ1) is 13.2. The fourth-order valence-electron chi connectivity index (χ4n) is 1.02. The lowest BCUT2D eigenvalue weighted by Gasteiger charge is -2.10. The first-order valence-electron chi connectivity index (χ1n) is 7.64. The van der Waals surface area contributed by atoms with E-state index in [0.717, 1.165) is 24.3 Å². The SMILES string of the molecule is COC(=O)/C=C/C(=O)OC(CO)CO.COC(=O)/C=C/C(=O)OCC(O)CO. The first-order valence-corrected chi connectivity index (χ1v) is 7.64. The molecule has 28 heavy (non-hydrogen) atoms. The van der Waals surface area contributed by atoms with Crippen molar-refractivity contribution in [2.45, 2.75) is 12.2 Å². The molecule has 0 rings (SSSR count). The second kappa shape index (κ2) is 17.6. The van der Waals surface area contributed by atoms with Crippen LogP contribution in [0.2, 0.25) is 0 Å². The first kappa shape index (κ1) is 27.4. The second-order valence-electron chi connectivity index (χ2n) is 4.60. The summed E-state index contributed by atoms with van der Waals surface area (Å²) in [7, 11) is 2.34. The molecule has 0 aromatic rings. The normalized spacial score (nSPS) is 11.5. The molecule has 0 aromatic heterocycles. The van der Waals surface area contributed by atoms with Crippen molar-refractivity contribution in [1.82, 2.24) is 0 Å². The largest absolute Gasteiger partial charge is 0.466 e. The zero-order chi connectivity index (χ0) is 21.9. The van der Waals surface area contributed by atoms with Crippen LogP contribution in [-0.2, 0) is 38.1 Å². The van der Waals surface area contributed by atoms with Gasteiger partial charge in [0.25, 0.3) is 0 Å². The second-order valence-corrected chi connectivity index (χ2v) is 4.60. The molecule has 0 aliphatic rings. The Morgan fingerprint density at radius 1 is 0.750 bits per heavy atom. The molecule has 12 nitrogen and oxygen atoms in total. The van der Waals surface area contributed by atoms with Gasteiger partial charge in [0.1, 0.15) is 18.8 Å². The molecule has 0 saturated heterocycles. The van der Waals surface area contributed by atoms with Crippen LogP contribution < -0.4 is 0 Å². The fraction of sp³-hybridized carbons (Fsp3) is 0.500. The van der Waals surface area contributed by atoms with E-state index in [2.05, 4.69) is 18.9 Å². The maximum absolute atomic E-state index is 10.9. The zero-order valence-corrected chi connectivity index (χ0v) is 15.3. The molecule has 0 aliphatic heterocycles. The standard InChI is InChI=1S/2C8H12O6/c1-13-7(11)2-3-8(12)14-5-6(10)4-9;1-13-7(11)2-3-8(12)14-6(4-9)5-10/h2*2-3,6,9-10H,4-5H2,1H3/b2*3-2+. The van der Waals surface area contributed by atoms with Crippen LogP contribution in [0.4, 0.5) is 0 Å². The summed E-state index contributed by atoms with van der Waals surface area (Å²) in [5, 5.41) is 34.2. The van der Waals surface area contributed by atoms with Gasteiger partial charge < -0.3 is 39.4 Å². The van der Waals surface area contributed by atoms with E-state index in [-0.39, 0.29) is 6.61 Å². The maximum Gasteiger partial charge on any atom is 0.331 e. The number of hydrogen-bond acceptors (Lipinski definition) is 12. The molecule has 0 heterocycles. The van der Waals surface area contributed by atoms with E-state index >= 15 is 0 Å². The van der Waals surface area contributed by atoms with Gasteiger partial charge in [0.05, 0.1) is 34.0 Å². The third-order valence-electron chi connectivity index (χ3n) is 2.43. The Hall–Kier alpha value is -2.80. The van der Waals surface area contributed by atoms with Crippen molar-refractivity contribution in [2.24, 2.45) is 0 Å². The molecule has 1 unspecified atom stereocenters. The number of hydrogen-bond donors (Lipinski definition) is 4. The molecule has 0 saturated carbocycles. The Bertz CT molecular complexity index is 536. The highest BCUT2D eigenvalue weighted by Crippen LogP contribution is 1.92. The molecular formula is C16H24O12. The molecule has 0 bridgehead atoms. The van der Waals surface area contributed by atoms with Gasteiger partial charge in [0, 0.05) is 24.3 Å². The summed E-state index contributed by atoms with van der Waals surface area (Å²) in [6, 6.07) is 0. The maximum atomic E-state index is 10.9. The van der Waals surface area contributed by atoms with E-state index in [0.29, 0.717) is 0 Å². The zero-order valence-electron chi connectivity index (χ0n) is 15.3. The van der Waals surface area contributed by atoms with Gasteiger partial charge in [-0.2, -0.15) is 0 Å². The Balaban J connectivity index is 0. The summed E-state index contributed by atoms with van der Waals surface area (Å²) in [6.07, 6.45) is 1.43. The van der Waals surface area contributed by atoms with Gasteiger partial charge in [-0.1, -0.05) is 0 Å². The summed E-state index contributed by atoms with van der Waals surface area (Å²) >= 11 is 0. The predicted octanol–water partition coefficient (Wildman–Crippen LogP) is -2.78. The molecule has 12 heteroatoms. The molecule has 1 atom stereocenters. The van der Waals surface area contributed by atoms with Crippen molar-refractivity contribution in [1.29, 1.82) is 0 Å². The molecule has 0 aromatic carbocycles. The highest BCUT2D eigenvalue weighted by Gasteiger charge is 2.10. The van der Waals surface area contributed by atoms with Crippen LogP contribution >= 0.6 is 0 Å². The third-order valence-corrected chi connectivity index (χ3v) is 2.43. The van der Waals surface area contributed by atoms with Crippen molar-refractivity contribution in [3.05, 3.63) is 24.3 Å². The van der Waals surface area contributed by atoms with Crippen molar-refractivity contribution in [3.63, 3.8) is 0 Å². The van der Waals surface area contributed by atoms with E-state index < -0.39 is 55.9 Å². The Morgan fingerprint density at radius 3 is 1.57 bits per heavy atom. The summed E-state index contributed by atoms with van der Waals surface area (Å²) < 4.78 is 17.4. The highest BCUT2D eigenvalue weighted by molar-refractivity contribution is 5.92. The molecule has 0 spiro atoms. The van der Waals surface area contributed by atoms with Gasteiger partial charge in [0.15, 0.2) is 0 Å². The number of methoxy groups -OCH3 is 2.